The molecule has 1 aliphatic heterocycles. The number of rotatable bonds is 4. The van der Waals surface area contributed by atoms with Crippen LogP contribution in [0.1, 0.15) is 23.7 Å². The molecule has 19 heavy (non-hydrogen) atoms. The SMILES string of the molecule is CC1CN(C)CCN1CCC(=O)c1ccccc1F. The van der Waals surface area contributed by atoms with Crippen LogP contribution in [0.2, 0.25) is 0 Å². The molecule has 0 spiro atoms. The lowest BCUT2D eigenvalue weighted by Gasteiger charge is -2.38. The number of hydrogen-bond donors (Lipinski definition) is 0. The van der Waals surface area contributed by atoms with Gasteiger partial charge in [0.2, 0.25) is 0 Å². The second-order valence-corrected chi connectivity index (χ2v) is 5.30. The highest BCUT2D eigenvalue weighted by atomic mass is 19.1. The molecular formula is C15H21FN2O. The van der Waals surface area contributed by atoms with Crippen LogP contribution in [0.4, 0.5) is 4.39 Å². The third-order valence-electron chi connectivity index (χ3n) is 3.77. The second kappa shape index (κ2) is 6.26. The number of Topliss-reactive ketones (excluding diaryl/α,β-unsaturated/α-hetero) is 1. The van der Waals surface area contributed by atoms with E-state index in [9.17, 15) is 9.18 Å². The number of hydrogen-bond acceptors (Lipinski definition) is 3. The Kier molecular flexibility index (Phi) is 4.66. The van der Waals surface area contributed by atoms with Gasteiger partial charge in [0.25, 0.3) is 0 Å². The molecular weight excluding hydrogens is 243 g/mol. The molecule has 1 aromatic rings. The maximum atomic E-state index is 13.5. The summed E-state index contributed by atoms with van der Waals surface area (Å²) >= 11 is 0. The lowest BCUT2D eigenvalue weighted by Crippen LogP contribution is -2.50. The van der Waals surface area contributed by atoms with Crippen LogP contribution in [-0.2, 0) is 0 Å². The molecule has 2 rings (SSSR count). The number of piperazine rings is 1. The van der Waals surface area contributed by atoms with Crippen LogP contribution in [0.3, 0.4) is 0 Å². The monoisotopic (exact) mass is 264 g/mol. The van der Waals surface area contributed by atoms with Crippen molar-refractivity contribution in [3.8, 4) is 0 Å². The highest BCUT2D eigenvalue weighted by Crippen LogP contribution is 2.12. The van der Waals surface area contributed by atoms with Crippen LogP contribution in [0.25, 0.3) is 0 Å². The highest BCUT2D eigenvalue weighted by molar-refractivity contribution is 5.96. The van der Waals surface area contributed by atoms with E-state index in [2.05, 4.69) is 23.8 Å². The van der Waals surface area contributed by atoms with Crippen molar-refractivity contribution in [3.05, 3.63) is 35.6 Å². The van der Waals surface area contributed by atoms with Gasteiger partial charge in [-0.25, -0.2) is 4.39 Å². The summed E-state index contributed by atoms with van der Waals surface area (Å²) in [7, 11) is 2.11. The molecule has 0 saturated carbocycles. The van der Waals surface area contributed by atoms with Gasteiger partial charge in [-0.3, -0.25) is 9.69 Å². The molecule has 1 fully saturated rings. The molecule has 0 radical (unpaired) electrons. The van der Waals surface area contributed by atoms with Gasteiger partial charge in [-0.05, 0) is 26.1 Å². The van der Waals surface area contributed by atoms with E-state index >= 15 is 0 Å². The number of halogens is 1. The molecule has 1 unspecified atom stereocenters. The lowest BCUT2D eigenvalue weighted by molar-refractivity contribution is 0.0841. The quantitative estimate of drug-likeness (QED) is 0.778. The Morgan fingerprint density at radius 3 is 2.79 bits per heavy atom. The van der Waals surface area contributed by atoms with Crippen LogP contribution in [0.5, 0.6) is 0 Å². The molecule has 1 aromatic carbocycles. The number of benzene rings is 1. The maximum absolute atomic E-state index is 13.5. The predicted octanol–water partition coefficient (Wildman–Crippen LogP) is 2.03. The fourth-order valence-corrected chi connectivity index (χ4v) is 2.58. The third-order valence-corrected chi connectivity index (χ3v) is 3.77. The van der Waals surface area contributed by atoms with Crippen molar-refractivity contribution < 1.29 is 9.18 Å². The molecule has 1 saturated heterocycles. The average Bonchev–Trinajstić information content (AvgIpc) is 2.38. The summed E-state index contributed by atoms with van der Waals surface area (Å²) in [5, 5.41) is 0. The molecule has 3 nitrogen and oxygen atoms in total. The van der Waals surface area contributed by atoms with E-state index in [-0.39, 0.29) is 11.3 Å². The molecule has 0 N–H and O–H groups in total. The first-order chi connectivity index (χ1) is 9.08. The molecule has 104 valence electrons. The zero-order chi connectivity index (χ0) is 13.8. The van der Waals surface area contributed by atoms with E-state index < -0.39 is 5.82 Å². The number of ketones is 1. The second-order valence-electron chi connectivity index (χ2n) is 5.30. The first-order valence-electron chi connectivity index (χ1n) is 6.78. The summed E-state index contributed by atoms with van der Waals surface area (Å²) in [5.41, 5.74) is 0.212. The zero-order valence-corrected chi connectivity index (χ0v) is 11.6. The standard InChI is InChI=1S/C15H21FN2O/c1-12-11-17(2)9-10-18(12)8-7-15(19)13-5-3-4-6-14(13)16/h3-6,12H,7-11H2,1-2H3. The Morgan fingerprint density at radius 1 is 1.37 bits per heavy atom. The predicted molar refractivity (Wildman–Crippen MR) is 73.9 cm³/mol. The van der Waals surface area contributed by atoms with Gasteiger partial charge in [0.15, 0.2) is 5.78 Å². The van der Waals surface area contributed by atoms with E-state index in [1.165, 1.54) is 6.07 Å². The van der Waals surface area contributed by atoms with Gasteiger partial charge < -0.3 is 4.90 Å². The molecule has 0 bridgehead atoms. The van der Waals surface area contributed by atoms with Crippen molar-refractivity contribution in [2.24, 2.45) is 0 Å². The minimum Gasteiger partial charge on any atom is -0.304 e. The van der Waals surface area contributed by atoms with Gasteiger partial charge in [-0.2, -0.15) is 0 Å². The molecule has 1 atom stereocenters. The Labute approximate surface area is 114 Å². The summed E-state index contributed by atoms with van der Waals surface area (Å²) in [6.45, 7) is 5.90. The number of carbonyl (C=O) groups is 1. The first kappa shape index (κ1) is 14.2. The molecule has 1 heterocycles. The summed E-state index contributed by atoms with van der Waals surface area (Å²) in [5.74, 6) is -0.525. The van der Waals surface area contributed by atoms with Gasteiger partial charge in [-0.15, -0.1) is 0 Å². The van der Waals surface area contributed by atoms with E-state index in [4.69, 9.17) is 0 Å². The first-order valence-corrected chi connectivity index (χ1v) is 6.78. The maximum Gasteiger partial charge on any atom is 0.167 e. The zero-order valence-electron chi connectivity index (χ0n) is 11.6. The molecule has 1 aliphatic rings. The van der Waals surface area contributed by atoms with Gasteiger partial charge in [0, 0.05) is 38.6 Å². The van der Waals surface area contributed by atoms with Crippen molar-refractivity contribution in [2.75, 3.05) is 33.2 Å². The van der Waals surface area contributed by atoms with Crippen molar-refractivity contribution >= 4 is 5.78 Å². The smallest absolute Gasteiger partial charge is 0.167 e. The summed E-state index contributed by atoms with van der Waals surface area (Å²) < 4.78 is 13.5. The topological polar surface area (TPSA) is 23.6 Å². The summed E-state index contributed by atoms with van der Waals surface area (Å²) in [6, 6.07) is 6.66. The summed E-state index contributed by atoms with van der Waals surface area (Å²) in [4.78, 5) is 16.6. The Bertz CT molecular complexity index is 450. The van der Waals surface area contributed by atoms with Gasteiger partial charge in [0.1, 0.15) is 5.82 Å². The minimum atomic E-state index is -0.418. The van der Waals surface area contributed by atoms with Crippen LogP contribution in [0.15, 0.2) is 24.3 Å². The van der Waals surface area contributed by atoms with Crippen molar-refractivity contribution in [2.45, 2.75) is 19.4 Å². The van der Waals surface area contributed by atoms with Crippen molar-refractivity contribution in [3.63, 3.8) is 0 Å². The van der Waals surface area contributed by atoms with Crippen LogP contribution in [0, 0.1) is 5.82 Å². The molecule has 0 aromatic heterocycles. The van der Waals surface area contributed by atoms with E-state index in [1.54, 1.807) is 18.2 Å². The Morgan fingerprint density at radius 2 is 2.11 bits per heavy atom. The fraction of sp³-hybridized carbons (Fsp3) is 0.533. The van der Waals surface area contributed by atoms with E-state index in [0.717, 1.165) is 19.6 Å². The van der Waals surface area contributed by atoms with E-state index in [1.807, 2.05) is 0 Å². The van der Waals surface area contributed by atoms with Gasteiger partial charge in [-0.1, -0.05) is 12.1 Å². The van der Waals surface area contributed by atoms with Gasteiger partial charge >= 0.3 is 0 Å². The normalized spacial score (nSPS) is 21.5. The average molecular weight is 264 g/mol. The third kappa shape index (κ3) is 3.61. The highest BCUT2D eigenvalue weighted by Gasteiger charge is 2.22. The molecule has 0 aliphatic carbocycles. The largest absolute Gasteiger partial charge is 0.304 e. The number of carbonyl (C=O) groups excluding carboxylic acids is 1. The Balaban J connectivity index is 1.89. The number of likely N-dealkylation sites (N-methyl/N-ethyl adjacent to an activating group) is 1. The van der Waals surface area contributed by atoms with Crippen molar-refractivity contribution in [1.29, 1.82) is 0 Å². The molecule has 4 heteroatoms. The van der Waals surface area contributed by atoms with Crippen LogP contribution < -0.4 is 0 Å². The molecule has 0 amide bonds. The Hall–Kier alpha value is -1.26. The number of nitrogens with zero attached hydrogens (tertiary/aromatic N) is 2. The minimum absolute atomic E-state index is 0.107. The van der Waals surface area contributed by atoms with Crippen LogP contribution in [-0.4, -0.2) is 54.9 Å². The van der Waals surface area contributed by atoms with Crippen molar-refractivity contribution in [1.82, 2.24) is 9.80 Å². The summed E-state index contributed by atoms with van der Waals surface area (Å²) in [6.07, 6.45) is 0.384. The van der Waals surface area contributed by atoms with Crippen LogP contribution >= 0.6 is 0 Å². The fourth-order valence-electron chi connectivity index (χ4n) is 2.58. The lowest BCUT2D eigenvalue weighted by atomic mass is 10.1. The van der Waals surface area contributed by atoms with Gasteiger partial charge in [0.05, 0.1) is 5.56 Å². The van der Waals surface area contributed by atoms with E-state index in [0.29, 0.717) is 19.0 Å².